The van der Waals surface area contributed by atoms with Crippen LogP contribution in [-0.4, -0.2) is 16.7 Å². The van der Waals surface area contributed by atoms with E-state index in [1.54, 1.807) is 0 Å². The molecule has 4 aromatic rings. The lowest BCUT2D eigenvalue weighted by molar-refractivity contribution is 0.300. The number of aryl methyl sites for hydroxylation is 1. The van der Waals surface area contributed by atoms with Gasteiger partial charge in [0, 0.05) is 16.5 Å². The van der Waals surface area contributed by atoms with Crippen LogP contribution in [0.3, 0.4) is 0 Å². The van der Waals surface area contributed by atoms with Crippen LogP contribution in [0.25, 0.3) is 28.0 Å². The number of rotatable bonds is 6. The van der Waals surface area contributed by atoms with E-state index in [1.165, 1.54) is 0 Å². The van der Waals surface area contributed by atoms with Crippen molar-refractivity contribution >= 4 is 16.5 Å². The van der Waals surface area contributed by atoms with E-state index < -0.39 is 0 Å². The summed E-state index contributed by atoms with van der Waals surface area (Å²) in [4.78, 5) is 4.55. The molecular weight excluding hydrogens is 342 g/mol. The molecule has 27 heavy (non-hydrogen) atoms. The highest BCUT2D eigenvalue weighted by atomic mass is 16.5. The SMILES string of the molecule is C=C(CO)c1cc2cc(OCc3nc(-c4ccccc4)oc3C)ccc2o1. The predicted octanol–water partition coefficient (Wildman–Crippen LogP) is 4.98. The van der Waals surface area contributed by atoms with E-state index in [-0.39, 0.29) is 6.61 Å². The van der Waals surface area contributed by atoms with Crippen LogP contribution in [0.15, 0.2) is 70.0 Å². The standard InChI is InChI=1S/C22H19NO4/c1-14(12-24)21-11-17-10-18(8-9-20(17)27-21)25-13-19-15(2)26-22(23-19)16-6-4-3-5-7-16/h3-11,24H,1,12-13H2,2H3. The van der Waals surface area contributed by atoms with Crippen LogP contribution < -0.4 is 4.74 Å². The minimum atomic E-state index is -0.141. The van der Waals surface area contributed by atoms with Crippen LogP contribution >= 0.6 is 0 Å². The maximum absolute atomic E-state index is 9.19. The number of fused-ring (bicyclic) bond motifs is 1. The topological polar surface area (TPSA) is 68.6 Å². The fourth-order valence-electron chi connectivity index (χ4n) is 2.78. The summed E-state index contributed by atoms with van der Waals surface area (Å²) in [6.45, 7) is 5.83. The Balaban J connectivity index is 1.52. The molecule has 0 spiro atoms. The second-order valence-corrected chi connectivity index (χ2v) is 6.25. The Morgan fingerprint density at radius 2 is 1.93 bits per heavy atom. The molecule has 0 amide bonds. The number of nitrogens with zero attached hydrogens (tertiary/aromatic N) is 1. The van der Waals surface area contributed by atoms with Gasteiger partial charge in [0.2, 0.25) is 5.89 Å². The number of ether oxygens (including phenoxy) is 1. The van der Waals surface area contributed by atoms with Crippen LogP contribution in [0.4, 0.5) is 0 Å². The predicted molar refractivity (Wildman–Crippen MR) is 103 cm³/mol. The van der Waals surface area contributed by atoms with E-state index in [0.29, 0.717) is 29.6 Å². The van der Waals surface area contributed by atoms with Gasteiger partial charge in [0.25, 0.3) is 0 Å². The maximum atomic E-state index is 9.19. The van der Waals surface area contributed by atoms with Gasteiger partial charge in [0.05, 0.1) is 6.61 Å². The van der Waals surface area contributed by atoms with Gasteiger partial charge in [-0.15, -0.1) is 0 Å². The molecule has 2 heterocycles. The summed E-state index contributed by atoms with van der Waals surface area (Å²) in [6.07, 6.45) is 0. The average molecular weight is 361 g/mol. The largest absolute Gasteiger partial charge is 0.487 e. The van der Waals surface area contributed by atoms with Crippen molar-refractivity contribution < 1.29 is 18.7 Å². The lowest BCUT2D eigenvalue weighted by Crippen LogP contribution is -1.97. The van der Waals surface area contributed by atoms with Crippen LogP contribution in [0.1, 0.15) is 17.2 Å². The van der Waals surface area contributed by atoms with Crippen molar-refractivity contribution in [2.24, 2.45) is 0 Å². The van der Waals surface area contributed by atoms with Gasteiger partial charge in [-0.3, -0.25) is 0 Å². The minimum absolute atomic E-state index is 0.141. The molecule has 0 radical (unpaired) electrons. The molecule has 0 saturated carbocycles. The first-order valence-corrected chi connectivity index (χ1v) is 8.61. The molecule has 0 atom stereocenters. The highest BCUT2D eigenvalue weighted by Crippen LogP contribution is 2.28. The number of hydrogen-bond acceptors (Lipinski definition) is 5. The molecule has 0 aliphatic carbocycles. The van der Waals surface area contributed by atoms with Crippen molar-refractivity contribution in [3.63, 3.8) is 0 Å². The Bertz CT molecular complexity index is 1090. The Labute approximate surface area is 156 Å². The molecule has 0 saturated heterocycles. The number of furan rings is 1. The van der Waals surface area contributed by atoms with E-state index >= 15 is 0 Å². The van der Waals surface area contributed by atoms with Gasteiger partial charge in [-0.25, -0.2) is 4.98 Å². The van der Waals surface area contributed by atoms with E-state index in [1.807, 2.05) is 61.5 Å². The third kappa shape index (κ3) is 3.50. The summed E-state index contributed by atoms with van der Waals surface area (Å²) in [7, 11) is 0. The Kier molecular flexibility index (Phi) is 4.52. The molecule has 2 aromatic heterocycles. The monoisotopic (exact) mass is 361 g/mol. The smallest absolute Gasteiger partial charge is 0.226 e. The number of aliphatic hydroxyl groups is 1. The van der Waals surface area contributed by atoms with E-state index in [9.17, 15) is 5.11 Å². The average Bonchev–Trinajstić information content (AvgIpc) is 3.29. The van der Waals surface area contributed by atoms with Crippen molar-refractivity contribution in [1.82, 2.24) is 4.98 Å². The number of aromatic nitrogens is 1. The lowest BCUT2D eigenvalue weighted by Gasteiger charge is -2.04. The molecule has 4 rings (SSSR count). The quantitative estimate of drug-likeness (QED) is 0.524. The summed E-state index contributed by atoms with van der Waals surface area (Å²) < 4.78 is 17.3. The molecular formula is C22H19NO4. The zero-order valence-corrected chi connectivity index (χ0v) is 14.9. The minimum Gasteiger partial charge on any atom is -0.487 e. The Hall–Kier alpha value is -3.31. The Morgan fingerprint density at radius 3 is 2.70 bits per heavy atom. The summed E-state index contributed by atoms with van der Waals surface area (Å²) in [5.74, 6) is 2.60. The molecule has 0 unspecified atom stereocenters. The second-order valence-electron chi connectivity index (χ2n) is 6.25. The van der Waals surface area contributed by atoms with Gasteiger partial charge >= 0.3 is 0 Å². The van der Waals surface area contributed by atoms with Gasteiger partial charge in [-0.1, -0.05) is 24.8 Å². The molecule has 5 heteroatoms. The van der Waals surface area contributed by atoms with Gasteiger partial charge < -0.3 is 18.7 Å². The number of hydrogen-bond donors (Lipinski definition) is 1. The van der Waals surface area contributed by atoms with Crippen LogP contribution in [0, 0.1) is 6.92 Å². The first kappa shape index (κ1) is 17.1. The summed E-state index contributed by atoms with van der Waals surface area (Å²) in [5, 5.41) is 10.1. The maximum Gasteiger partial charge on any atom is 0.226 e. The molecule has 0 aliphatic heterocycles. The molecule has 136 valence electrons. The molecule has 0 aliphatic rings. The number of oxazole rings is 1. The van der Waals surface area contributed by atoms with Crippen molar-refractivity contribution in [1.29, 1.82) is 0 Å². The van der Waals surface area contributed by atoms with Gasteiger partial charge in [-0.05, 0) is 43.3 Å². The first-order chi connectivity index (χ1) is 13.1. The highest BCUT2D eigenvalue weighted by molar-refractivity contribution is 5.83. The second kappa shape index (κ2) is 7.13. The Morgan fingerprint density at radius 1 is 1.11 bits per heavy atom. The summed E-state index contributed by atoms with van der Waals surface area (Å²) >= 11 is 0. The zero-order valence-electron chi connectivity index (χ0n) is 14.9. The zero-order chi connectivity index (χ0) is 18.8. The first-order valence-electron chi connectivity index (χ1n) is 8.61. The number of benzene rings is 2. The third-order valence-electron chi connectivity index (χ3n) is 4.32. The molecule has 0 bridgehead atoms. The fraction of sp³-hybridized carbons (Fsp3) is 0.136. The van der Waals surface area contributed by atoms with Crippen molar-refractivity contribution in [3.05, 3.63) is 78.4 Å². The number of aliphatic hydroxyl groups excluding tert-OH is 1. The summed E-state index contributed by atoms with van der Waals surface area (Å²) in [5.41, 5.74) is 2.95. The van der Waals surface area contributed by atoms with Gasteiger partial charge in [0.15, 0.2) is 0 Å². The summed E-state index contributed by atoms with van der Waals surface area (Å²) in [6, 6.07) is 17.2. The van der Waals surface area contributed by atoms with E-state index in [0.717, 1.165) is 28.0 Å². The van der Waals surface area contributed by atoms with Crippen molar-refractivity contribution in [2.75, 3.05) is 6.61 Å². The molecule has 2 aromatic carbocycles. The van der Waals surface area contributed by atoms with Gasteiger partial charge in [-0.2, -0.15) is 0 Å². The normalized spacial score (nSPS) is 11.0. The highest BCUT2D eigenvalue weighted by Gasteiger charge is 2.13. The van der Waals surface area contributed by atoms with Crippen LogP contribution in [-0.2, 0) is 6.61 Å². The molecule has 5 nitrogen and oxygen atoms in total. The van der Waals surface area contributed by atoms with Crippen LogP contribution in [0.2, 0.25) is 0 Å². The lowest BCUT2D eigenvalue weighted by atomic mass is 10.2. The molecule has 0 fully saturated rings. The molecule has 1 N–H and O–H groups in total. The third-order valence-corrected chi connectivity index (χ3v) is 4.32. The van der Waals surface area contributed by atoms with Gasteiger partial charge in [0.1, 0.15) is 35.2 Å². The van der Waals surface area contributed by atoms with Crippen molar-refractivity contribution in [2.45, 2.75) is 13.5 Å². The van der Waals surface area contributed by atoms with E-state index in [4.69, 9.17) is 13.6 Å². The van der Waals surface area contributed by atoms with Crippen LogP contribution in [0.5, 0.6) is 5.75 Å². The fourth-order valence-corrected chi connectivity index (χ4v) is 2.78. The van der Waals surface area contributed by atoms with Crippen molar-refractivity contribution in [3.8, 4) is 17.2 Å². The van der Waals surface area contributed by atoms with E-state index in [2.05, 4.69) is 11.6 Å².